The van der Waals surface area contributed by atoms with E-state index in [0.717, 1.165) is 6.20 Å². The van der Waals surface area contributed by atoms with E-state index in [1.807, 2.05) is 0 Å². The van der Waals surface area contributed by atoms with Crippen molar-refractivity contribution in [3.63, 3.8) is 0 Å². The molecule has 0 aromatic carbocycles. The number of aromatic nitrogens is 3. The average Bonchev–Trinajstić information content (AvgIpc) is 2.47. The number of halogens is 4. The lowest BCUT2D eigenvalue weighted by molar-refractivity contribution is 0.0968. The van der Waals surface area contributed by atoms with Crippen LogP contribution < -0.4 is 0 Å². The van der Waals surface area contributed by atoms with Crippen LogP contribution in [-0.4, -0.2) is 15.0 Å². The number of hydrogen-bond donors (Lipinski definition) is 1. The molecule has 0 saturated heterocycles. The molecule has 0 aliphatic carbocycles. The third-order valence-corrected chi connectivity index (χ3v) is 2.22. The Bertz CT molecular complexity index is 477. The number of nitrogens with zero attached hydrogens (tertiary/aromatic N) is 2. The molecular formula is C7H3Cl2F2N3. The van der Waals surface area contributed by atoms with E-state index in [-0.39, 0.29) is 16.2 Å². The molecule has 0 atom stereocenters. The zero-order valence-electron chi connectivity index (χ0n) is 6.56. The molecule has 14 heavy (non-hydrogen) atoms. The van der Waals surface area contributed by atoms with Crippen LogP contribution in [0.3, 0.4) is 0 Å². The van der Waals surface area contributed by atoms with Gasteiger partial charge in [0.25, 0.3) is 0 Å². The Labute approximate surface area is 87.1 Å². The Morgan fingerprint density at radius 3 is 2.71 bits per heavy atom. The van der Waals surface area contributed by atoms with Gasteiger partial charge < -0.3 is 4.98 Å². The summed E-state index contributed by atoms with van der Waals surface area (Å²) in [6.07, 6.45) is 2.25. The van der Waals surface area contributed by atoms with Crippen molar-refractivity contribution in [2.45, 2.75) is 5.38 Å². The summed E-state index contributed by atoms with van der Waals surface area (Å²) in [4.78, 5) is 9.86. The molecule has 0 amide bonds. The molecular weight excluding hydrogens is 235 g/mol. The van der Waals surface area contributed by atoms with Gasteiger partial charge in [0.1, 0.15) is 17.1 Å². The SMILES string of the molecule is FC(F)(Cl)c1c[nH]c2ncnc(Cl)c12. The minimum absolute atomic E-state index is 0.0495. The molecule has 2 rings (SSSR count). The summed E-state index contributed by atoms with van der Waals surface area (Å²) in [7, 11) is 0. The molecule has 7 heteroatoms. The fourth-order valence-electron chi connectivity index (χ4n) is 1.15. The maximum atomic E-state index is 12.8. The Morgan fingerprint density at radius 2 is 2.07 bits per heavy atom. The molecule has 0 spiro atoms. The van der Waals surface area contributed by atoms with Gasteiger partial charge in [-0.25, -0.2) is 9.97 Å². The Morgan fingerprint density at radius 1 is 1.36 bits per heavy atom. The summed E-state index contributed by atoms with van der Waals surface area (Å²) in [6, 6.07) is 0. The van der Waals surface area contributed by atoms with Crippen molar-refractivity contribution in [3.8, 4) is 0 Å². The highest BCUT2D eigenvalue weighted by molar-refractivity contribution is 6.34. The third-order valence-electron chi connectivity index (χ3n) is 1.73. The van der Waals surface area contributed by atoms with Crippen LogP contribution in [0.1, 0.15) is 5.56 Å². The fraction of sp³-hybridized carbons (Fsp3) is 0.143. The minimum atomic E-state index is -3.48. The molecule has 2 aromatic heterocycles. The molecule has 0 unspecified atom stereocenters. The van der Waals surface area contributed by atoms with E-state index in [2.05, 4.69) is 15.0 Å². The molecule has 1 N–H and O–H groups in total. The van der Waals surface area contributed by atoms with Gasteiger partial charge in [0.2, 0.25) is 0 Å². The fourth-order valence-corrected chi connectivity index (χ4v) is 1.53. The number of hydrogen-bond acceptors (Lipinski definition) is 2. The highest BCUT2D eigenvalue weighted by atomic mass is 35.5. The lowest BCUT2D eigenvalue weighted by atomic mass is 10.2. The molecule has 0 saturated carbocycles. The van der Waals surface area contributed by atoms with Crippen molar-refractivity contribution < 1.29 is 8.78 Å². The number of rotatable bonds is 1. The summed E-state index contributed by atoms with van der Waals surface area (Å²) in [5, 5.41) is -3.48. The van der Waals surface area contributed by atoms with Gasteiger partial charge in [-0.1, -0.05) is 11.6 Å². The van der Waals surface area contributed by atoms with Crippen LogP contribution in [-0.2, 0) is 5.38 Å². The number of alkyl halides is 3. The molecule has 2 aromatic rings. The van der Waals surface area contributed by atoms with Crippen LogP contribution in [0.25, 0.3) is 11.0 Å². The average molecular weight is 238 g/mol. The summed E-state index contributed by atoms with van der Waals surface area (Å²) >= 11 is 10.5. The second kappa shape index (κ2) is 3.03. The van der Waals surface area contributed by atoms with Crippen LogP contribution in [0.5, 0.6) is 0 Å². The zero-order chi connectivity index (χ0) is 10.3. The Balaban J connectivity index is 2.80. The van der Waals surface area contributed by atoms with Crippen molar-refractivity contribution >= 4 is 34.2 Å². The Hall–Kier alpha value is -0.940. The molecule has 74 valence electrons. The highest BCUT2D eigenvalue weighted by Crippen LogP contribution is 2.38. The summed E-state index contributed by atoms with van der Waals surface area (Å²) < 4.78 is 25.7. The van der Waals surface area contributed by atoms with Crippen LogP contribution in [0.2, 0.25) is 5.15 Å². The molecule has 0 radical (unpaired) electrons. The lowest BCUT2D eigenvalue weighted by Crippen LogP contribution is -2.02. The second-order valence-electron chi connectivity index (χ2n) is 2.59. The van der Waals surface area contributed by atoms with Gasteiger partial charge in [0.15, 0.2) is 0 Å². The first-order valence-electron chi connectivity index (χ1n) is 3.55. The molecule has 0 fully saturated rings. The first-order valence-corrected chi connectivity index (χ1v) is 4.30. The van der Waals surface area contributed by atoms with Gasteiger partial charge in [0.05, 0.1) is 10.9 Å². The van der Waals surface area contributed by atoms with Crippen LogP contribution >= 0.6 is 23.2 Å². The van der Waals surface area contributed by atoms with Crippen molar-refractivity contribution in [2.24, 2.45) is 0 Å². The number of H-pyrrole nitrogens is 1. The molecule has 3 nitrogen and oxygen atoms in total. The molecule has 0 bridgehead atoms. The number of aromatic amines is 1. The van der Waals surface area contributed by atoms with Crippen LogP contribution in [0.4, 0.5) is 8.78 Å². The van der Waals surface area contributed by atoms with E-state index in [4.69, 9.17) is 23.2 Å². The maximum Gasteiger partial charge on any atom is 0.350 e. The first-order chi connectivity index (χ1) is 6.50. The monoisotopic (exact) mass is 237 g/mol. The summed E-state index contributed by atoms with van der Waals surface area (Å²) in [6.45, 7) is 0. The van der Waals surface area contributed by atoms with Gasteiger partial charge in [0, 0.05) is 6.20 Å². The molecule has 0 aliphatic rings. The maximum absolute atomic E-state index is 12.8. The van der Waals surface area contributed by atoms with Crippen molar-refractivity contribution in [1.82, 2.24) is 15.0 Å². The van der Waals surface area contributed by atoms with Crippen LogP contribution in [0, 0.1) is 0 Å². The third kappa shape index (κ3) is 1.42. The van der Waals surface area contributed by atoms with Gasteiger partial charge in [-0.05, 0) is 11.6 Å². The van der Waals surface area contributed by atoms with E-state index >= 15 is 0 Å². The van der Waals surface area contributed by atoms with E-state index in [1.54, 1.807) is 0 Å². The zero-order valence-corrected chi connectivity index (χ0v) is 8.07. The van der Waals surface area contributed by atoms with E-state index < -0.39 is 10.9 Å². The predicted octanol–water partition coefficient (Wildman–Crippen LogP) is 2.90. The highest BCUT2D eigenvalue weighted by Gasteiger charge is 2.32. The van der Waals surface area contributed by atoms with Gasteiger partial charge in [-0.2, -0.15) is 8.78 Å². The van der Waals surface area contributed by atoms with E-state index in [0.29, 0.717) is 0 Å². The van der Waals surface area contributed by atoms with Gasteiger partial charge >= 0.3 is 5.38 Å². The minimum Gasteiger partial charge on any atom is -0.345 e. The lowest BCUT2D eigenvalue weighted by Gasteiger charge is -2.05. The van der Waals surface area contributed by atoms with E-state index in [9.17, 15) is 8.78 Å². The molecule has 0 aliphatic heterocycles. The normalized spacial score (nSPS) is 12.3. The van der Waals surface area contributed by atoms with Crippen LogP contribution in [0.15, 0.2) is 12.5 Å². The molecule has 2 heterocycles. The topological polar surface area (TPSA) is 41.6 Å². The predicted molar refractivity (Wildman–Crippen MR) is 48.6 cm³/mol. The summed E-state index contributed by atoms with van der Waals surface area (Å²) in [5.41, 5.74) is -0.180. The largest absolute Gasteiger partial charge is 0.350 e. The number of nitrogens with one attached hydrogen (secondary N) is 1. The van der Waals surface area contributed by atoms with Gasteiger partial charge in [-0.3, -0.25) is 0 Å². The quantitative estimate of drug-likeness (QED) is 0.612. The van der Waals surface area contributed by atoms with Crippen molar-refractivity contribution in [2.75, 3.05) is 0 Å². The Kier molecular flexibility index (Phi) is 2.08. The van der Waals surface area contributed by atoms with Gasteiger partial charge in [-0.15, -0.1) is 0 Å². The van der Waals surface area contributed by atoms with E-state index in [1.165, 1.54) is 6.33 Å². The van der Waals surface area contributed by atoms with Crippen molar-refractivity contribution in [3.05, 3.63) is 23.2 Å². The number of fused-ring (bicyclic) bond motifs is 1. The summed E-state index contributed by atoms with van der Waals surface area (Å²) in [5.74, 6) is 0. The second-order valence-corrected chi connectivity index (χ2v) is 3.42. The smallest absolute Gasteiger partial charge is 0.345 e. The first kappa shape index (κ1) is 9.61. The standard InChI is InChI=1S/C7H3Cl2F2N3/c8-5-4-3(7(9,10)11)1-12-6(4)14-2-13-5/h1-2H,(H,12,13,14). The van der Waals surface area contributed by atoms with Crippen molar-refractivity contribution in [1.29, 1.82) is 0 Å².